The molecular formula is C7H10N4O3S2. The molecule has 0 fully saturated rings. The van der Waals surface area contributed by atoms with Crippen LogP contribution in [0.1, 0.15) is 5.82 Å². The summed E-state index contributed by atoms with van der Waals surface area (Å²) in [5.41, 5.74) is 5.01. The van der Waals surface area contributed by atoms with Crippen molar-refractivity contribution in [2.24, 2.45) is 5.16 Å². The quantitative estimate of drug-likeness (QED) is 0.430. The molecule has 0 bridgehead atoms. The fourth-order valence-corrected chi connectivity index (χ4v) is 1.41. The molecular weight excluding hydrogens is 252 g/mol. The molecule has 0 spiro atoms. The highest BCUT2D eigenvalue weighted by Gasteiger charge is 2.18. The van der Waals surface area contributed by atoms with Gasteiger partial charge in [-0.3, -0.25) is 0 Å². The van der Waals surface area contributed by atoms with E-state index < -0.39 is 5.97 Å². The molecule has 0 aliphatic carbocycles. The number of aliphatic carboxylic acids is 1. The average Bonchev–Trinajstić information content (AvgIpc) is 2.64. The summed E-state index contributed by atoms with van der Waals surface area (Å²) < 4.78 is 3.74. The van der Waals surface area contributed by atoms with Gasteiger partial charge in [-0.1, -0.05) is 5.16 Å². The molecule has 0 atom stereocenters. The van der Waals surface area contributed by atoms with Crippen molar-refractivity contribution < 1.29 is 14.7 Å². The van der Waals surface area contributed by atoms with Crippen LogP contribution in [-0.4, -0.2) is 44.8 Å². The van der Waals surface area contributed by atoms with E-state index in [1.165, 1.54) is 0 Å². The number of nitrogens with two attached hydrogens (primary N) is 1. The second kappa shape index (κ2) is 6.28. The molecule has 0 aliphatic heterocycles. The maximum Gasteiger partial charge on any atom is 0.362 e. The van der Waals surface area contributed by atoms with Gasteiger partial charge in [0.25, 0.3) is 0 Å². The minimum absolute atomic E-state index is 0.0286. The summed E-state index contributed by atoms with van der Waals surface area (Å²) in [5, 5.41) is 12.5. The third-order valence-electron chi connectivity index (χ3n) is 1.39. The van der Waals surface area contributed by atoms with Crippen LogP contribution >= 0.6 is 23.3 Å². The van der Waals surface area contributed by atoms with E-state index in [9.17, 15) is 4.79 Å². The zero-order valence-electron chi connectivity index (χ0n) is 8.41. The molecule has 1 aromatic heterocycles. The van der Waals surface area contributed by atoms with Gasteiger partial charge >= 0.3 is 5.97 Å². The Labute approximate surface area is 99.9 Å². The highest BCUT2D eigenvalue weighted by Crippen LogP contribution is 2.07. The SMILES string of the molecule is CSCCON=C(C(=O)O)c1nsc(N)n1. The summed E-state index contributed by atoms with van der Waals surface area (Å²) >= 11 is 2.48. The lowest BCUT2D eigenvalue weighted by Gasteiger charge is -1.98. The number of nitrogens with zero attached hydrogens (tertiary/aromatic N) is 3. The van der Waals surface area contributed by atoms with Crippen LogP contribution in [0.4, 0.5) is 5.13 Å². The Morgan fingerprint density at radius 1 is 1.75 bits per heavy atom. The predicted molar refractivity (Wildman–Crippen MR) is 62.8 cm³/mol. The first-order chi connectivity index (χ1) is 7.65. The topological polar surface area (TPSA) is 111 Å². The average molecular weight is 262 g/mol. The summed E-state index contributed by atoms with van der Waals surface area (Å²) in [4.78, 5) is 19.4. The molecule has 7 nitrogen and oxygen atoms in total. The molecule has 3 N–H and O–H groups in total. The minimum atomic E-state index is -1.25. The number of nitrogen functional groups attached to an aromatic ring is 1. The van der Waals surface area contributed by atoms with E-state index in [0.717, 1.165) is 17.3 Å². The minimum Gasteiger partial charge on any atom is -0.476 e. The summed E-state index contributed by atoms with van der Waals surface area (Å²) in [5.74, 6) is -0.552. The van der Waals surface area contributed by atoms with Gasteiger partial charge in [-0.05, 0) is 6.26 Å². The molecule has 16 heavy (non-hydrogen) atoms. The lowest BCUT2D eigenvalue weighted by molar-refractivity contribution is -0.129. The van der Waals surface area contributed by atoms with Crippen LogP contribution in [0.25, 0.3) is 0 Å². The van der Waals surface area contributed by atoms with Gasteiger partial charge < -0.3 is 15.7 Å². The van der Waals surface area contributed by atoms with Crippen LogP contribution < -0.4 is 5.73 Å². The monoisotopic (exact) mass is 262 g/mol. The summed E-state index contributed by atoms with van der Waals surface area (Å²) in [6, 6.07) is 0. The van der Waals surface area contributed by atoms with Crippen LogP contribution in [0.15, 0.2) is 5.16 Å². The van der Waals surface area contributed by atoms with Gasteiger partial charge in [0.05, 0.1) is 0 Å². The second-order valence-corrected chi connectivity index (χ2v) is 4.30. The Morgan fingerprint density at radius 2 is 2.50 bits per heavy atom. The van der Waals surface area contributed by atoms with Crippen molar-refractivity contribution in [3.8, 4) is 0 Å². The molecule has 0 aromatic carbocycles. The number of thioether (sulfide) groups is 1. The lowest BCUT2D eigenvalue weighted by Crippen LogP contribution is -2.17. The van der Waals surface area contributed by atoms with Crippen molar-refractivity contribution in [2.45, 2.75) is 0 Å². The smallest absolute Gasteiger partial charge is 0.362 e. The fourth-order valence-electron chi connectivity index (χ4n) is 0.738. The van der Waals surface area contributed by atoms with E-state index in [1.807, 2.05) is 6.26 Å². The number of carbonyl (C=O) groups is 1. The Kier molecular flexibility index (Phi) is 4.99. The zero-order valence-corrected chi connectivity index (χ0v) is 10.0. The van der Waals surface area contributed by atoms with Crippen LogP contribution in [0, 0.1) is 0 Å². The third kappa shape index (κ3) is 3.66. The van der Waals surface area contributed by atoms with Crippen molar-refractivity contribution >= 4 is 40.1 Å². The first kappa shape index (κ1) is 12.7. The van der Waals surface area contributed by atoms with E-state index >= 15 is 0 Å². The lowest BCUT2D eigenvalue weighted by atomic mass is 10.4. The van der Waals surface area contributed by atoms with E-state index in [1.54, 1.807) is 11.8 Å². The molecule has 88 valence electrons. The Balaban J connectivity index is 2.71. The maximum absolute atomic E-state index is 10.8. The van der Waals surface area contributed by atoms with Gasteiger partial charge in [0.1, 0.15) is 6.61 Å². The first-order valence-electron chi connectivity index (χ1n) is 4.17. The first-order valence-corrected chi connectivity index (χ1v) is 6.33. The Morgan fingerprint density at radius 3 is 3.00 bits per heavy atom. The van der Waals surface area contributed by atoms with Gasteiger partial charge in [-0.2, -0.15) is 21.1 Å². The normalized spacial score (nSPS) is 11.4. The fraction of sp³-hybridized carbons (Fsp3) is 0.429. The van der Waals surface area contributed by atoms with E-state index in [-0.39, 0.29) is 16.7 Å². The molecule has 0 saturated heterocycles. The van der Waals surface area contributed by atoms with Crippen LogP contribution in [-0.2, 0) is 9.63 Å². The summed E-state index contributed by atoms with van der Waals surface area (Å²) in [7, 11) is 0. The number of rotatable bonds is 6. The number of hydrogen-bond donors (Lipinski definition) is 2. The van der Waals surface area contributed by atoms with Crippen molar-refractivity contribution in [1.29, 1.82) is 0 Å². The zero-order chi connectivity index (χ0) is 12.0. The highest BCUT2D eigenvalue weighted by molar-refractivity contribution is 7.98. The number of anilines is 1. The van der Waals surface area contributed by atoms with Gasteiger partial charge in [-0.25, -0.2) is 4.79 Å². The van der Waals surface area contributed by atoms with E-state index in [2.05, 4.69) is 14.5 Å². The highest BCUT2D eigenvalue weighted by atomic mass is 32.2. The van der Waals surface area contributed by atoms with Crippen molar-refractivity contribution in [3.63, 3.8) is 0 Å². The van der Waals surface area contributed by atoms with Gasteiger partial charge in [0, 0.05) is 17.3 Å². The van der Waals surface area contributed by atoms with Crippen LogP contribution in [0.3, 0.4) is 0 Å². The number of aromatic nitrogens is 2. The van der Waals surface area contributed by atoms with Gasteiger partial charge in [0.2, 0.25) is 11.5 Å². The predicted octanol–water partition coefficient (Wildman–Crippen LogP) is 0.289. The van der Waals surface area contributed by atoms with Gasteiger partial charge in [0.15, 0.2) is 5.13 Å². The summed E-state index contributed by atoms with van der Waals surface area (Å²) in [6.45, 7) is 0.331. The van der Waals surface area contributed by atoms with Crippen molar-refractivity contribution in [3.05, 3.63) is 5.82 Å². The molecule has 0 saturated carbocycles. The van der Waals surface area contributed by atoms with E-state index in [4.69, 9.17) is 15.7 Å². The van der Waals surface area contributed by atoms with Gasteiger partial charge in [-0.15, -0.1) is 0 Å². The molecule has 0 radical (unpaired) electrons. The molecule has 1 aromatic rings. The maximum atomic E-state index is 10.8. The van der Waals surface area contributed by atoms with Crippen LogP contribution in [0.5, 0.6) is 0 Å². The molecule has 0 unspecified atom stereocenters. The second-order valence-electron chi connectivity index (χ2n) is 2.53. The number of hydrogen-bond acceptors (Lipinski definition) is 8. The largest absolute Gasteiger partial charge is 0.476 e. The number of carboxylic acid groups (broad SMARTS) is 1. The molecule has 9 heteroatoms. The number of oxime groups is 1. The standard InChI is InChI=1S/C7H10N4O3S2/c1-15-3-2-14-10-4(6(12)13)5-9-7(8)16-11-5/h2-3H2,1H3,(H,12,13)(H2,8,9,11). The molecule has 1 heterocycles. The molecule has 0 aliphatic rings. The van der Waals surface area contributed by atoms with E-state index in [0.29, 0.717) is 6.61 Å². The summed E-state index contributed by atoms with van der Waals surface area (Å²) in [6.07, 6.45) is 1.91. The molecule has 1 rings (SSSR count). The molecule has 0 amide bonds. The number of carboxylic acids is 1. The Bertz CT molecular complexity index is 393. The Hall–Kier alpha value is -1.35. The van der Waals surface area contributed by atoms with Crippen LogP contribution in [0.2, 0.25) is 0 Å². The van der Waals surface area contributed by atoms with Crippen molar-refractivity contribution in [2.75, 3.05) is 24.3 Å². The van der Waals surface area contributed by atoms with Crippen molar-refractivity contribution in [1.82, 2.24) is 9.36 Å². The third-order valence-corrected chi connectivity index (χ3v) is 2.51.